The molecule has 30 heavy (non-hydrogen) atoms. The zero-order valence-corrected chi connectivity index (χ0v) is 18.2. The fourth-order valence-electron chi connectivity index (χ4n) is 4.55. The topological polar surface area (TPSA) is 50.8 Å². The molecule has 2 unspecified atom stereocenters. The Bertz CT molecular complexity index is 876. The SMILES string of the molecule is COc1ccc(OC)c(C2CCCN2CC(=O)NC(c2ccc(C)cc2)C2CC2)c1. The first-order chi connectivity index (χ1) is 14.6. The van der Waals surface area contributed by atoms with E-state index in [0.717, 1.165) is 36.4 Å². The van der Waals surface area contributed by atoms with Crippen LogP contribution >= 0.6 is 0 Å². The number of nitrogens with one attached hydrogen (secondary N) is 1. The molecule has 1 aliphatic heterocycles. The molecule has 1 heterocycles. The van der Waals surface area contributed by atoms with Crippen molar-refractivity contribution < 1.29 is 14.3 Å². The van der Waals surface area contributed by atoms with Crippen LogP contribution in [0.15, 0.2) is 42.5 Å². The Labute approximate surface area is 179 Å². The Morgan fingerprint density at radius 1 is 1.10 bits per heavy atom. The van der Waals surface area contributed by atoms with Crippen LogP contribution in [0.25, 0.3) is 0 Å². The Morgan fingerprint density at radius 2 is 1.87 bits per heavy atom. The third kappa shape index (κ3) is 4.62. The molecule has 2 fully saturated rings. The number of carbonyl (C=O) groups is 1. The minimum atomic E-state index is 0.0984. The number of amides is 1. The van der Waals surface area contributed by atoms with Crippen LogP contribution in [-0.4, -0.2) is 38.1 Å². The Hall–Kier alpha value is -2.53. The molecule has 1 saturated heterocycles. The lowest BCUT2D eigenvalue weighted by molar-refractivity contribution is -0.123. The molecule has 1 N–H and O–H groups in total. The van der Waals surface area contributed by atoms with Crippen molar-refractivity contribution in [2.24, 2.45) is 5.92 Å². The maximum Gasteiger partial charge on any atom is 0.234 e. The number of hydrogen-bond acceptors (Lipinski definition) is 4. The average Bonchev–Trinajstić information content (AvgIpc) is 3.51. The molecule has 2 atom stereocenters. The molecular formula is C25H32N2O3. The van der Waals surface area contributed by atoms with Crippen LogP contribution in [0, 0.1) is 12.8 Å². The van der Waals surface area contributed by atoms with E-state index in [2.05, 4.69) is 41.4 Å². The minimum absolute atomic E-state index is 0.0984. The van der Waals surface area contributed by atoms with Gasteiger partial charge in [0.05, 0.1) is 26.8 Å². The van der Waals surface area contributed by atoms with Gasteiger partial charge in [-0.3, -0.25) is 9.69 Å². The Morgan fingerprint density at radius 3 is 2.53 bits per heavy atom. The second-order valence-electron chi connectivity index (χ2n) is 8.53. The Balaban J connectivity index is 1.46. The van der Waals surface area contributed by atoms with Gasteiger partial charge in [-0.05, 0) is 68.8 Å². The molecule has 0 aromatic heterocycles. The van der Waals surface area contributed by atoms with E-state index >= 15 is 0 Å². The van der Waals surface area contributed by atoms with E-state index in [1.54, 1.807) is 14.2 Å². The highest BCUT2D eigenvalue weighted by molar-refractivity contribution is 5.78. The number of carbonyl (C=O) groups excluding carboxylic acids is 1. The third-order valence-electron chi connectivity index (χ3n) is 6.35. The van der Waals surface area contributed by atoms with Crippen molar-refractivity contribution in [2.75, 3.05) is 27.3 Å². The standard InChI is InChI=1S/C25H32N2O3/c1-17-6-8-18(9-7-17)25(19-10-11-19)26-24(28)16-27-14-4-5-22(27)21-15-20(29-2)12-13-23(21)30-3/h6-9,12-13,15,19,22,25H,4-5,10-11,14,16H2,1-3H3,(H,26,28). The lowest BCUT2D eigenvalue weighted by Crippen LogP contribution is -2.39. The van der Waals surface area contributed by atoms with Crippen LogP contribution in [0.1, 0.15) is 54.5 Å². The second kappa shape index (κ2) is 9.09. The summed E-state index contributed by atoms with van der Waals surface area (Å²) in [7, 11) is 3.37. The number of aryl methyl sites for hydroxylation is 1. The molecule has 1 saturated carbocycles. The second-order valence-corrected chi connectivity index (χ2v) is 8.53. The van der Waals surface area contributed by atoms with Crippen LogP contribution in [0.4, 0.5) is 0 Å². The van der Waals surface area contributed by atoms with Gasteiger partial charge < -0.3 is 14.8 Å². The van der Waals surface area contributed by atoms with Crippen LogP contribution in [0.2, 0.25) is 0 Å². The highest BCUT2D eigenvalue weighted by atomic mass is 16.5. The number of nitrogens with zero attached hydrogens (tertiary/aromatic N) is 1. The van der Waals surface area contributed by atoms with E-state index in [1.165, 1.54) is 24.0 Å². The maximum atomic E-state index is 13.0. The van der Waals surface area contributed by atoms with Gasteiger partial charge in [0.15, 0.2) is 0 Å². The summed E-state index contributed by atoms with van der Waals surface area (Å²) in [4.78, 5) is 15.3. The number of benzene rings is 2. The predicted octanol–water partition coefficient (Wildman–Crippen LogP) is 4.42. The molecule has 5 heteroatoms. The quantitative estimate of drug-likeness (QED) is 0.703. The summed E-state index contributed by atoms with van der Waals surface area (Å²) in [5.41, 5.74) is 3.55. The molecule has 1 aliphatic carbocycles. The molecule has 1 amide bonds. The summed E-state index contributed by atoms with van der Waals surface area (Å²) in [6.45, 7) is 3.41. The van der Waals surface area contributed by atoms with Crippen molar-refractivity contribution in [1.82, 2.24) is 10.2 Å². The van der Waals surface area contributed by atoms with E-state index in [1.807, 2.05) is 18.2 Å². The van der Waals surface area contributed by atoms with Crippen LogP contribution in [-0.2, 0) is 4.79 Å². The van der Waals surface area contributed by atoms with Gasteiger partial charge in [0, 0.05) is 11.6 Å². The zero-order chi connectivity index (χ0) is 21.1. The van der Waals surface area contributed by atoms with E-state index in [4.69, 9.17) is 9.47 Å². The van der Waals surface area contributed by atoms with Gasteiger partial charge >= 0.3 is 0 Å². The smallest absolute Gasteiger partial charge is 0.234 e. The van der Waals surface area contributed by atoms with Crippen LogP contribution < -0.4 is 14.8 Å². The minimum Gasteiger partial charge on any atom is -0.497 e. The zero-order valence-electron chi connectivity index (χ0n) is 18.2. The summed E-state index contributed by atoms with van der Waals surface area (Å²) in [5, 5.41) is 3.33. The lowest BCUT2D eigenvalue weighted by Gasteiger charge is -2.27. The third-order valence-corrected chi connectivity index (χ3v) is 6.35. The van der Waals surface area contributed by atoms with Gasteiger partial charge in [-0.1, -0.05) is 29.8 Å². The van der Waals surface area contributed by atoms with E-state index < -0.39 is 0 Å². The summed E-state index contributed by atoms with van der Waals surface area (Å²) < 4.78 is 11.0. The number of ether oxygens (including phenoxy) is 2. The molecule has 4 rings (SSSR count). The molecule has 0 spiro atoms. The average molecular weight is 409 g/mol. The molecule has 160 valence electrons. The van der Waals surface area contributed by atoms with Crippen LogP contribution in [0.5, 0.6) is 11.5 Å². The van der Waals surface area contributed by atoms with E-state index in [9.17, 15) is 4.79 Å². The fraction of sp³-hybridized carbons (Fsp3) is 0.480. The summed E-state index contributed by atoms with van der Waals surface area (Å²) >= 11 is 0. The van der Waals surface area contributed by atoms with Crippen molar-refractivity contribution in [1.29, 1.82) is 0 Å². The first kappa shape index (κ1) is 20.7. The largest absolute Gasteiger partial charge is 0.497 e. The molecule has 2 aromatic carbocycles. The predicted molar refractivity (Wildman–Crippen MR) is 118 cm³/mol. The van der Waals surface area contributed by atoms with Gasteiger partial charge in [-0.15, -0.1) is 0 Å². The maximum absolute atomic E-state index is 13.0. The lowest BCUT2D eigenvalue weighted by atomic mass is 10.0. The highest BCUT2D eigenvalue weighted by Crippen LogP contribution is 2.42. The number of hydrogen-bond donors (Lipinski definition) is 1. The monoisotopic (exact) mass is 408 g/mol. The summed E-state index contributed by atoms with van der Waals surface area (Å²) in [6, 6.07) is 14.7. The molecule has 5 nitrogen and oxygen atoms in total. The van der Waals surface area contributed by atoms with Crippen molar-refractivity contribution in [2.45, 2.75) is 44.7 Å². The molecular weight excluding hydrogens is 376 g/mol. The van der Waals surface area contributed by atoms with Crippen molar-refractivity contribution in [3.05, 3.63) is 59.2 Å². The fourth-order valence-corrected chi connectivity index (χ4v) is 4.55. The molecule has 2 aromatic rings. The number of likely N-dealkylation sites (tertiary alicyclic amines) is 1. The number of methoxy groups -OCH3 is 2. The van der Waals surface area contributed by atoms with Gasteiger partial charge in [0.2, 0.25) is 5.91 Å². The van der Waals surface area contributed by atoms with Crippen molar-refractivity contribution in [3.8, 4) is 11.5 Å². The van der Waals surface area contributed by atoms with Crippen molar-refractivity contribution in [3.63, 3.8) is 0 Å². The highest BCUT2D eigenvalue weighted by Gasteiger charge is 2.35. The summed E-state index contributed by atoms with van der Waals surface area (Å²) in [6.07, 6.45) is 4.46. The summed E-state index contributed by atoms with van der Waals surface area (Å²) in [5.74, 6) is 2.32. The van der Waals surface area contributed by atoms with Gasteiger partial charge in [-0.2, -0.15) is 0 Å². The Kier molecular flexibility index (Phi) is 6.28. The molecule has 2 aliphatic rings. The van der Waals surface area contributed by atoms with E-state index in [0.29, 0.717) is 12.5 Å². The van der Waals surface area contributed by atoms with Crippen molar-refractivity contribution >= 4 is 5.91 Å². The van der Waals surface area contributed by atoms with Gasteiger partial charge in [-0.25, -0.2) is 0 Å². The number of rotatable bonds is 8. The van der Waals surface area contributed by atoms with Gasteiger partial charge in [0.1, 0.15) is 11.5 Å². The molecule has 0 radical (unpaired) electrons. The van der Waals surface area contributed by atoms with Crippen LogP contribution in [0.3, 0.4) is 0 Å². The normalized spacial score (nSPS) is 20.0. The molecule has 0 bridgehead atoms. The first-order valence-corrected chi connectivity index (χ1v) is 10.9. The first-order valence-electron chi connectivity index (χ1n) is 10.9. The van der Waals surface area contributed by atoms with Gasteiger partial charge in [0.25, 0.3) is 0 Å². The van der Waals surface area contributed by atoms with E-state index in [-0.39, 0.29) is 18.0 Å².